The van der Waals surface area contributed by atoms with Gasteiger partial charge >= 0.3 is 0 Å². The molecule has 0 atom stereocenters. The molecule has 1 N–H and O–H groups in total. The molecule has 2 amide bonds. The summed E-state index contributed by atoms with van der Waals surface area (Å²) in [6.45, 7) is 0.924. The highest BCUT2D eigenvalue weighted by atomic mass is 16.5. The SMILES string of the molecule is O=C1[CH]OCC(=O)N1. The molecule has 0 aromatic carbocycles. The van der Waals surface area contributed by atoms with Crippen molar-refractivity contribution >= 4 is 11.8 Å². The van der Waals surface area contributed by atoms with Gasteiger partial charge in [-0.05, 0) is 0 Å². The third-order valence-corrected chi connectivity index (χ3v) is 0.667. The van der Waals surface area contributed by atoms with E-state index in [9.17, 15) is 9.59 Å². The van der Waals surface area contributed by atoms with Gasteiger partial charge in [-0.25, -0.2) is 0 Å². The summed E-state index contributed by atoms with van der Waals surface area (Å²) in [5, 5.41) is 2.02. The average Bonchev–Trinajstić information content (AvgIpc) is 1.64. The summed E-state index contributed by atoms with van der Waals surface area (Å²) in [4.78, 5) is 20.4. The predicted molar refractivity (Wildman–Crippen MR) is 23.4 cm³/mol. The third kappa shape index (κ3) is 1.04. The number of hydrogen-bond acceptors (Lipinski definition) is 3. The third-order valence-electron chi connectivity index (χ3n) is 0.667. The van der Waals surface area contributed by atoms with Crippen LogP contribution in [0, 0.1) is 6.61 Å². The zero-order chi connectivity index (χ0) is 5.98. The maximum atomic E-state index is 10.2. The van der Waals surface area contributed by atoms with Crippen molar-refractivity contribution in [2.24, 2.45) is 0 Å². The molecule has 0 aromatic rings. The summed E-state index contributed by atoms with van der Waals surface area (Å²) in [7, 11) is 0. The van der Waals surface area contributed by atoms with E-state index in [1.54, 1.807) is 0 Å². The number of amides is 2. The molecule has 1 aliphatic heterocycles. The maximum Gasteiger partial charge on any atom is 0.259 e. The van der Waals surface area contributed by atoms with E-state index in [2.05, 4.69) is 4.74 Å². The molecular weight excluding hydrogens is 110 g/mol. The van der Waals surface area contributed by atoms with Crippen molar-refractivity contribution < 1.29 is 14.3 Å². The number of imide groups is 1. The van der Waals surface area contributed by atoms with Crippen LogP contribution >= 0.6 is 0 Å². The first-order valence-electron chi connectivity index (χ1n) is 2.07. The van der Waals surface area contributed by atoms with Crippen LogP contribution in [0.25, 0.3) is 0 Å². The van der Waals surface area contributed by atoms with Crippen molar-refractivity contribution in [3.8, 4) is 0 Å². The van der Waals surface area contributed by atoms with Crippen molar-refractivity contribution in [1.29, 1.82) is 0 Å². The van der Waals surface area contributed by atoms with Crippen LogP contribution in [0.4, 0.5) is 0 Å². The van der Waals surface area contributed by atoms with Crippen LogP contribution in [0.5, 0.6) is 0 Å². The van der Waals surface area contributed by atoms with Crippen molar-refractivity contribution in [2.75, 3.05) is 6.61 Å². The van der Waals surface area contributed by atoms with E-state index in [1.807, 2.05) is 5.32 Å². The highest BCUT2D eigenvalue weighted by Gasteiger charge is 2.14. The molecule has 4 nitrogen and oxygen atoms in total. The van der Waals surface area contributed by atoms with Crippen LogP contribution in [0.3, 0.4) is 0 Å². The van der Waals surface area contributed by atoms with Gasteiger partial charge in [-0.15, -0.1) is 0 Å². The summed E-state index contributed by atoms with van der Waals surface area (Å²) in [5.74, 6) is -0.876. The minimum atomic E-state index is -0.485. The molecule has 1 heterocycles. The first-order chi connectivity index (χ1) is 3.79. The molecular formula is C4H4NO3. The quantitative estimate of drug-likeness (QED) is 0.403. The average molecular weight is 114 g/mol. The van der Waals surface area contributed by atoms with Gasteiger partial charge < -0.3 is 4.74 Å². The van der Waals surface area contributed by atoms with Crippen LogP contribution in [0.2, 0.25) is 0 Å². The number of hydrogen-bond donors (Lipinski definition) is 1. The molecule has 43 valence electrons. The van der Waals surface area contributed by atoms with Crippen molar-refractivity contribution in [2.45, 2.75) is 0 Å². The van der Waals surface area contributed by atoms with Gasteiger partial charge in [0.2, 0.25) is 0 Å². The zero-order valence-corrected chi connectivity index (χ0v) is 4.01. The molecule has 0 bridgehead atoms. The Morgan fingerprint density at radius 3 is 2.75 bits per heavy atom. The number of ether oxygens (including phenoxy) is 1. The Bertz CT molecular complexity index is 117. The number of morpholine rings is 1. The van der Waals surface area contributed by atoms with Gasteiger partial charge in [-0.2, -0.15) is 0 Å². The first-order valence-corrected chi connectivity index (χ1v) is 2.07. The van der Waals surface area contributed by atoms with E-state index >= 15 is 0 Å². The van der Waals surface area contributed by atoms with Crippen LogP contribution in [-0.4, -0.2) is 18.4 Å². The normalized spacial score (nSPS) is 20.5. The summed E-state index contributed by atoms with van der Waals surface area (Å²) in [6.07, 6.45) is 0. The number of rotatable bonds is 0. The summed E-state index contributed by atoms with van der Waals surface area (Å²) < 4.78 is 4.41. The summed E-state index contributed by atoms with van der Waals surface area (Å²) in [5.41, 5.74) is 0. The highest BCUT2D eigenvalue weighted by molar-refractivity contribution is 6.00. The predicted octanol–water partition coefficient (Wildman–Crippen LogP) is -1.18. The molecule has 1 aliphatic rings. The Hall–Kier alpha value is -0.900. The molecule has 1 radical (unpaired) electrons. The van der Waals surface area contributed by atoms with E-state index in [4.69, 9.17) is 0 Å². The fourth-order valence-electron chi connectivity index (χ4n) is 0.396. The zero-order valence-electron chi connectivity index (χ0n) is 4.01. The largest absolute Gasteiger partial charge is 0.355 e. The minimum absolute atomic E-state index is 0.0499. The Labute approximate surface area is 45.8 Å². The Balaban J connectivity index is 2.45. The van der Waals surface area contributed by atoms with E-state index in [0.29, 0.717) is 0 Å². The molecule has 0 aliphatic carbocycles. The standard InChI is InChI=1S/C4H4NO3/c6-3-1-8-2-4(7)5-3/h1H,2H2,(H,5,6,7). The summed E-state index contributed by atoms with van der Waals surface area (Å²) >= 11 is 0. The van der Waals surface area contributed by atoms with Gasteiger partial charge in [-0.1, -0.05) is 0 Å². The van der Waals surface area contributed by atoms with Crippen molar-refractivity contribution in [3.05, 3.63) is 6.61 Å². The molecule has 1 fully saturated rings. The van der Waals surface area contributed by atoms with E-state index in [-0.39, 0.29) is 6.61 Å². The second-order valence-corrected chi connectivity index (χ2v) is 1.34. The molecule has 0 aromatic heterocycles. The molecule has 0 spiro atoms. The highest BCUT2D eigenvalue weighted by Crippen LogP contribution is 1.88. The molecule has 1 saturated heterocycles. The lowest BCUT2D eigenvalue weighted by Crippen LogP contribution is -2.38. The molecule has 0 saturated carbocycles. The van der Waals surface area contributed by atoms with Crippen LogP contribution in [0.1, 0.15) is 0 Å². The smallest absolute Gasteiger partial charge is 0.259 e. The lowest BCUT2D eigenvalue weighted by atomic mass is 10.5. The van der Waals surface area contributed by atoms with Crippen LogP contribution < -0.4 is 5.32 Å². The fourth-order valence-corrected chi connectivity index (χ4v) is 0.396. The Morgan fingerprint density at radius 1 is 1.62 bits per heavy atom. The number of carbonyl (C=O) groups excluding carboxylic acids is 2. The second kappa shape index (κ2) is 1.92. The second-order valence-electron chi connectivity index (χ2n) is 1.34. The molecule has 1 rings (SSSR count). The number of carbonyl (C=O) groups is 2. The van der Waals surface area contributed by atoms with Gasteiger partial charge in [0.25, 0.3) is 11.8 Å². The fraction of sp³-hybridized carbons (Fsp3) is 0.250. The van der Waals surface area contributed by atoms with E-state index in [0.717, 1.165) is 6.61 Å². The lowest BCUT2D eigenvalue weighted by Gasteiger charge is -2.08. The van der Waals surface area contributed by atoms with Gasteiger partial charge in [0.15, 0.2) is 6.61 Å². The monoisotopic (exact) mass is 114 g/mol. The van der Waals surface area contributed by atoms with Gasteiger partial charge in [-0.3, -0.25) is 14.9 Å². The van der Waals surface area contributed by atoms with Gasteiger partial charge in [0, 0.05) is 0 Å². The molecule has 0 unspecified atom stereocenters. The lowest BCUT2D eigenvalue weighted by molar-refractivity contribution is -0.138. The van der Waals surface area contributed by atoms with E-state index < -0.39 is 11.8 Å². The van der Waals surface area contributed by atoms with E-state index in [1.165, 1.54) is 0 Å². The summed E-state index contributed by atoms with van der Waals surface area (Å²) in [6, 6.07) is 0. The van der Waals surface area contributed by atoms with Gasteiger partial charge in [0.1, 0.15) is 6.61 Å². The topological polar surface area (TPSA) is 55.4 Å². The number of nitrogens with one attached hydrogen (secondary N) is 1. The first kappa shape index (κ1) is 5.24. The van der Waals surface area contributed by atoms with Crippen LogP contribution in [0.15, 0.2) is 0 Å². The molecule has 8 heavy (non-hydrogen) atoms. The van der Waals surface area contributed by atoms with Crippen molar-refractivity contribution in [3.63, 3.8) is 0 Å². The van der Waals surface area contributed by atoms with Gasteiger partial charge in [0.05, 0.1) is 0 Å². The Kier molecular flexibility index (Phi) is 1.26. The minimum Gasteiger partial charge on any atom is -0.355 e. The maximum absolute atomic E-state index is 10.2. The van der Waals surface area contributed by atoms with Crippen molar-refractivity contribution in [1.82, 2.24) is 5.32 Å². The Morgan fingerprint density at radius 2 is 2.38 bits per heavy atom. The molecule has 4 heteroatoms. The van der Waals surface area contributed by atoms with Crippen LogP contribution in [-0.2, 0) is 14.3 Å².